The average Bonchev–Trinajstić information content (AvgIpc) is 2.27. The fourth-order valence-electron chi connectivity index (χ4n) is 1.45. The zero-order valence-electron chi connectivity index (χ0n) is 8.51. The molecule has 0 amide bonds. The van der Waals surface area contributed by atoms with Crippen LogP contribution in [0, 0.1) is 21.4 Å². The highest BCUT2D eigenvalue weighted by Gasteiger charge is 2.24. The quantitative estimate of drug-likeness (QED) is 0.501. The molecule has 0 unspecified atom stereocenters. The predicted octanol–water partition coefficient (Wildman–Crippen LogP) is 1.83. The summed E-state index contributed by atoms with van der Waals surface area (Å²) in [5, 5.41) is 28.3. The number of alkyl halides is 1. The van der Waals surface area contributed by atoms with E-state index in [9.17, 15) is 14.9 Å². The summed E-state index contributed by atoms with van der Waals surface area (Å²) in [6, 6.07) is 4.36. The molecule has 17 heavy (non-hydrogen) atoms. The Balaban J connectivity index is 3.53. The molecule has 0 saturated heterocycles. The van der Waals surface area contributed by atoms with Crippen molar-refractivity contribution < 1.29 is 14.8 Å². The van der Waals surface area contributed by atoms with Crippen LogP contribution in [0.25, 0.3) is 0 Å². The van der Waals surface area contributed by atoms with E-state index in [4.69, 9.17) is 22.0 Å². The smallest absolute Gasteiger partial charge is 0.308 e. The molecule has 0 radical (unpaired) electrons. The highest BCUT2D eigenvalue weighted by Crippen LogP contribution is 2.28. The monoisotopic (exact) mass is 254 g/mol. The highest BCUT2D eigenvalue weighted by atomic mass is 35.5. The van der Waals surface area contributed by atoms with Gasteiger partial charge < -0.3 is 5.11 Å². The van der Waals surface area contributed by atoms with Gasteiger partial charge in [-0.1, -0.05) is 6.07 Å². The van der Waals surface area contributed by atoms with Crippen molar-refractivity contribution in [3.8, 4) is 6.07 Å². The summed E-state index contributed by atoms with van der Waals surface area (Å²) >= 11 is 5.59. The molecule has 1 aromatic rings. The summed E-state index contributed by atoms with van der Waals surface area (Å²) in [5.41, 5.74) is -0.315. The largest absolute Gasteiger partial charge is 0.481 e. The van der Waals surface area contributed by atoms with Crippen LogP contribution in [0.4, 0.5) is 5.69 Å². The Morgan fingerprint density at radius 1 is 1.59 bits per heavy atom. The molecule has 0 aromatic heterocycles. The van der Waals surface area contributed by atoms with Gasteiger partial charge in [-0.25, -0.2) is 0 Å². The summed E-state index contributed by atoms with van der Waals surface area (Å²) in [7, 11) is 0. The first-order valence-corrected chi connectivity index (χ1v) is 5.01. The molecule has 88 valence electrons. The van der Waals surface area contributed by atoms with Crippen molar-refractivity contribution in [1.82, 2.24) is 0 Å². The lowest BCUT2D eigenvalue weighted by molar-refractivity contribution is -0.385. The van der Waals surface area contributed by atoms with E-state index in [0.29, 0.717) is 5.56 Å². The van der Waals surface area contributed by atoms with Crippen LogP contribution in [-0.4, -0.2) is 16.0 Å². The topological polar surface area (TPSA) is 104 Å². The van der Waals surface area contributed by atoms with Gasteiger partial charge in [0.1, 0.15) is 11.6 Å². The van der Waals surface area contributed by atoms with Gasteiger partial charge in [-0.05, 0) is 11.6 Å². The number of nitro groups is 1. The molecule has 1 aromatic carbocycles. The summed E-state index contributed by atoms with van der Waals surface area (Å²) in [5.74, 6) is -1.26. The SMILES string of the molecule is N#Cc1ccc(CCl)c(CC(=O)O)c1[N+](=O)[O-]. The zero-order chi connectivity index (χ0) is 13.0. The minimum absolute atomic E-state index is 0.0171. The number of carboxylic acid groups (broad SMARTS) is 1. The van der Waals surface area contributed by atoms with Gasteiger partial charge in [0.15, 0.2) is 0 Å². The van der Waals surface area contributed by atoms with Crippen LogP contribution in [0.5, 0.6) is 0 Å². The Labute approximate surface area is 101 Å². The fraction of sp³-hybridized carbons (Fsp3) is 0.200. The van der Waals surface area contributed by atoms with Crippen LogP contribution in [0.1, 0.15) is 16.7 Å². The Kier molecular flexibility index (Phi) is 4.01. The van der Waals surface area contributed by atoms with E-state index < -0.39 is 23.0 Å². The molecule has 0 bridgehead atoms. The number of nitrogens with zero attached hydrogens (tertiary/aromatic N) is 2. The van der Waals surface area contributed by atoms with Gasteiger partial charge >= 0.3 is 5.97 Å². The maximum atomic E-state index is 10.9. The second-order valence-corrected chi connectivity index (χ2v) is 3.44. The standard InChI is InChI=1S/C10H7ClN2O4/c11-4-6-1-2-7(5-12)10(13(16)17)8(6)3-9(14)15/h1-2H,3-4H2,(H,14,15). The van der Waals surface area contributed by atoms with Gasteiger partial charge in [-0.15, -0.1) is 11.6 Å². The lowest BCUT2D eigenvalue weighted by Gasteiger charge is -2.06. The predicted molar refractivity (Wildman–Crippen MR) is 58.7 cm³/mol. The molecule has 0 spiro atoms. The van der Waals surface area contributed by atoms with Gasteiger partial charge in [0.2, 0.25) is 0 Å². The maximum Gasteiger partial charge on any atom is 0.308 e. The molecule has 0 heterocycles. The minimum atomic E-state index is -1.21. The molecule has 7 heteroatoms. The van der Waals surface area contributed by atoms with E-state index in [0.717, 1.165) is 0 Å². The molecule has 0 aliphatic heterocycles. The number of aliphatic carboxylic acids is 1. The lowest BCUT2D eigenvalue weighted by atomic mass is 9.99. The molecule has 6 nitrogen and oxygen atoms in total. The number of hydrogen-bond donors (Lipinski definition) is 1. The number of carbonyl (C=O) groups is 1. The fourth-order valence-corrected chi connectivity index (χ4v) is 1.70. The number of hydrogen-bond acceptors (Lipinski definition) is 4. The molecule has 1 N–H and O–H groups in total. The van der Waals surface area contributed by atoms with E-state index in [1.807, 2.05) is 0 Å². The van der Waals surface area contributed by atoms with Crippen molar-refractivity contribution >= 4 is 23.3 Å². The number of carboxylic acids is 1. The van der Waals surface area contributed by atoms with Gasteiger partial charge in [0, 0.05) is 11.4 Å². The molecular formula is C10H7ClN2O4. The van der Waals surface area contributed by atoms with E-state index in [-0.39, 0.29) is 17.0 Å². The minimum Gasteiger partial charge on any atom is -0.481 e. The molecular weight excluding hydrogens is 248 g/mol. The number of rotatable bonds is 4. The van der Waals surface area contributed by atoms with Crippen LogP contribution < -0.4 is 0 Å². The number of nitriles is 1. The van der Waals surface area contributed by atoms with Gasteiger partial charge in [0.25, 0.3) is 5.69 Å². The van der Waals surface area contributed by atoms with Crippen LogP contribution in [0.2, 0.25) is 0 Å². The third-order valence-electron chi connectivity index (χ3n) is 2.15. The molecule has 0 aliphatic rings. The first-order chi connectivity index (χ1) is 8.01. The van der Waals surface area contributed by atoms with E-state index >= 15 is 0 Å². The summed E-state index contributed by atoms with van der Waals surface area (Å²) in [4.78, 5) is 20.8. The van der Waals surface area contributed by atoms with Crippen molar-refractivity contribution in [1.29, 1.82) is 5.26 Å². The first kappa shape index (κ1) is 12.9. The Morgan fingerprint density at radius 3 is 2.65 bits per heavy atom. The number of nitro benzene ring substituents is 1. The normalized spacial score (nSPS) is 9.65. The second kappa shape index (κ2) is 5.27. The van der Waals surface area contributed by atoms with Crippen molar-refractivity contribution in [2.24, 2.45) is 0 Å². The van der Waals surface area contributed by atoms with E-state index in [1.165, 1.54) is 12.1 Å². The van der Waals surface area contributed by atoms with Crippen LogP contribution in [-0.2, 0) is 17.1 Å². The van der Waals surface area contributed by atoms with Crippen molar-refractivity contribution in [2.75, 3.05) is 0 Å². The lowest BCUT2D eigenvalue weighted by Crippen LogP contribution is -2.08. The third kappa shape index (κ3) is 2.71. The number of halogens is 1. The van der Waals surface area contributed by atoms with E-state index in [2.05, 4.69) is 0 Å². The molecule has 0 aliphatic carbocycles. The molecule has 0 atom stereocenters. The van der Waals surface area contributed by atoms with Crippen molar-refractivity contribution in [3.05, 3.63) is 38.9 Å². The number of benzene rings is 1. The second-order valence-electron chi connectivity index (χ2n) is 3.17. The van der Waals surface area contributed by atoms with Crippen molar-refractivity contribution in [3.63, 3.8) is 0 Å². The molecule has 0 fully saturated rings. The van der Waals surface area contributed by atoms with Gasteiger partial charge in [-0.2, -0.15) is 5.26 Å². The Hall–Kier alpha value is -2.13. The average molecular weight is 255 g/mol. The van der Waals surface area contributed by atoms with Crippen molar-refractivity contribution in [2.45, 2.75) is 12.3 Å². The summed E-state index contributed by atoms with van der Waals surface area (Å²) in [6.45, 7) is 0. The summed E-state index contributed by atoms with van der Waals surface area (Å²) in [6.07, 6.45) is -0.534. The van der Waals surface area contributed by atoms with Crippen LogP contribution in [0.15, 0.2) is 12.1 Å². The molecule has 0 saturated carbocycles. The molecule has 1 rings (SSSR count). The van der Waals surface area contributed by atoms with Gasteiger partial charge in [-0.3, -0.25) is 14.9 Å². The van der Waals surface area contributed by atoms with Gasteiger partial charge in [0.05, 0.1) is 11.3 Å². The highest BCUT2D eigenvalue weighted by molar-refractivity contribution is 6.17. The van der Waals surface area contributed by atoms with E-state index in [1.54, 1.807) is 6.07 Å². The first-order valence-electron chi connectivity index (χ1n) is 4.48. The summed E-state index contributed by atoms with van der Waals surface area (Å²) < 4.78 is 0. The third-order valence-corrected chi connectivity index (χ3v) is 2.44. The Morgan fingerprint density at radius 2 is 2.24 bits per heavy atom. The maximum absolute atomic E-state index is 10.9. The van der Waals surface area contributed by atoms with Crippen LogP contribution in [0.3, 0.4) is 0 Å². The zero-order valence-corrected chi connectivity index (χ0v) is 9.27. The van der Waals surface area contributed by atoms with Crippen LogP contribution >= 0.6 is 11.6 Å². The Bertz CT molecular complexity index is 522.